The van der Waals surface area contributed by atoms with Gasteiger partial charge in [0.1, 0.15) is 5.60 Å². The molecule has 1 fully saturated rings. The molecule has 7 nitrogen and oxygen atoms in total. The van der Waals surface area contributed by atoms with Gasteiger partial charge in [-0.2, -0.15) is 5.06 Å². The Morgan fingerprint density at radius 2 is 1.89 bits per heavy atom. The molecule has 28 heavy (non-hydrogen) atoms. The van der Waals surface area contributed by atoms with Crippen molar-refractivity contribution in [3.8, 4) is 0 Å². The Morgan fingerprint density at radius 3 is 2.43 bits per heavy atom. The molecule has 1 N–H and O–H groups in total. The van der Waals surface area contributed by atoms with Crippen LogP contribution in [0, 0.1) is 5.92 Å². The van der Waals surface area contributed by atoms with Crippen LogP contribution in [-0.2, 0) is 25.7 Å². The summed E-state index contributed by atoms with van der Waals surface area (Å²) in [5.74, 6) is -0.309. The van der Waals surface area contributed by atoms with Crippen LogP contribution in [-0.4, -0.2) is 48.0 Å². The van der Waals surface area contributed by atoms with Crippen molar-refractivity contribution < 1.29 is 23.9 Å². The Hall–Kier alpha value is -2.12. The minimum atomic E-state index is -0.694. The standard InChI is InChI=1S/C21H32N2O5/c1-14(2)18(22-20(25)27-21(3,4)5)16-12-17(19(24)26-6)28-23(16)13-15-10-8-7-9-11-15/h7-11,14,16-18H,12-13H2,1-6H3,(H,22,25)/t16-,17-,18+/m1/s1. The summed E-state index contributed by atoms with van der Waals surface area (Å²) >= 11 is 0. The first-order valence-electron chi connectivity index (χ1n) is 9.65. The van der Waals surface area contributed by atoms with Gasteiger partial charge in [-0.3, -0.25) is 4.84 Å². The molecule has 2 rings (SSSR count). The number of methoxy groups -OCH3 is 1. The van der Waals surface area contributed by atoms with Crippen molar-refractivity contribution in [2.75, 3.05) is 7.11 Å². The summed E-state index contributed by atoms with van der Waals surface area (Å²) in [6.45, 7) is 10.0. The van der Waals surface area contributed by atoms with Crippen LogP contribution in [0.3, 0.4) is 0 Å². The first-order valence-corrected chi connectivity index (χ1v) is 9.65. The second-order valence-corrected chi connectivity index (χ2v) is 8.40. The van der Waals surface area contributed by atoms with Gasteiger partial charge in [-0.05, 0) is 32.3 Å². The average Bonchev–Trinajstić information content (AvgIpc) is 3.01. The van der Waals surface area contributed by atoms with Crippen LogP contribution in [0.1, 0.15) is 46.6 Å². The Balaban J connectivity index is 2.20. The van der Waals surface area contributed by atoms with Gasteiger partial charge in [0.25, 0.3) is 0 Å². The SMILES string of the molecule is COC(=O)[C@H]1C[C@H]([C@@H](NC(=O)OC(C)(C)C)C(C)C)N(Cc2ccccc2)O1. The average molecular weight is 392 g/mol. The van der Waals surface area contributed by atoms with Crippen LogP contribution in [0.25, 0.3) is 0 Å². The van der Waals surface area contributed by atoms with Crippen LogP contribution in [0.2, 0.25) is 0 Å². The van der Waals surface area contributed by atoms with Gasteiger partial charge in [-0.25, -0.2) is 9.59 Å². The molecule has 1 amide bonds. The molecule has 1 heterocycles. The third-order valence-corrected chi connectivity index (χ3v) is 4.55. The van der Waals surface area contributed by atoms with Crippen molar-refractivity contribution in [3.05, 3.63) is 35.9 Å². The van der Waals surface area contributed by atoms with E-state index in [4.69, 9.17) is 14.3 Å². The maximum absolute atomic E-state index is 12.4. The zero-order valence-electron chi connectivity index (χ0n) is 17.6. The predicted molar refractivity (Wildman–Crippen MR) is 105 cm³/mol. The molecule has 0 radical (unpaired) electrons. The number of hydroxylamine groups is 2. The third kappa shape index (κ3) is 6.21. The van der Waals surface area contributed by atoms with Crippen LogP contribution >= 0.6 is 0 Å². The monoisotopic (exact) mass is 392 g/mol. The number of ether oxygens (including phenoxy) is 2. The van der Waals surface area contributed by atoms with Gasteiger partial charge in [0.15, 0.2) is 6.10 Å². The predicted octanol–water partition coefficient (Wildman–Crippen LogP) is 3.28. The second-order valence-electron chi connectivity index (χ2n) is 8.40. The van der Waals surface area contributed by atoms with Crippen LogP contribution in [0.15, 0.2) is 30.3 Å². The Morgan fingerprint density at radius 1 is 1.25 bits per heavy atom. The lowest BCUT2D eigenvalue weighted by molar-refractivity contribution is -0.193. The summed E-state index contributed by atoms with van der Waals surface area (Å²) in [5.41, 5.74) is 0.466. The molecule has 0 aliphatic carbocycles. The summed E-state index contributed by atoms with van der Waals surface area (Å²) in [5, 5.41) is 4.75. The number of esters is 1. The van der Waals surface area contributed by atoms with Crippen molar-refractivity contribution in [1.82, 2.24) is 10.4 Å². The first-order chi connectivity index (χ1) is 13.1. The van der Waals surface area contributed by atoms with Crippen LogP contribution < -0.4 is 5.32 Å². The molecular formula is C21H32N2O5. The fourth-order valence-corrected chi connectivity index (χ4v) is 3.29. The highest BCUT2D eigenvalue weighted by molar-refractivity contribution is 5.75. The molecule has 0 saturated carbocycles. The van der Waals surface area contributed by atoms with Crippen molar-refractivity contribution in [2.45, 2.75) is 71.4 Å². The first kappa shape index (κ1) is 22.2. The number of amides is 1. The molecule has 1 saturated heterocycles. The Bertz CT molecular complexity index is 657. The maximum atomic E-state index is 12.4. The van der Waals surface area contributed by atoms with E-state index in [-0.39, 0.29) is 18.0 Å². The van der Waals surface area contributed by atoms with Gasteiger partial charge in [0.2, 0.25) is 0 Å². The molecular weight excluding hydrogens is 360 g/mol. The lowest BCUT2D eigenvalue weighted by atomic mass is 9.92. The molecule has 1 aromatic rings. The fraction of sp³-hybridized carbons (Fsp3) is 0.619. The van der Waals surface area contributed by atoms with E-state index in [1.54, 1.807) is 5.06 Å². The van der Waals surface area contributed by atoms with E-state index in [1.807, 2.05) is 65.0 Å². The molecule has 0 spiro atoms. The number of benzene rings is 1. The lowest BCUT2D eigenvalue weighted by Gasteiger charge is -2.33. The fourth-order valence-electron chi connectivity index (χ4n) is 3.29. The van der Waals surface area contributed by atoms with E-state index in [2.05, 4.69) is 5.32 Å². The molecule has 1 aliphatic heterocycles. The zero-order valence-corrected chi connectivity index (χ0v) is 17.6. The second kappa shape index (κ2) is 9.39. The van der Waals surface area contributed by atoms with E-state index in [0.717, 1.165) is 5.56 Å². The molecule has 0 aromatic heterocycles. The number of carbonyl (C=O) groups is 2. The minimum Gasteiger partial charge on any atom is -0.467 e. The maximum Gasteiger partial charge on any atom is 0.407 e. The van der Waals surface area contributed by atoms with Gasteiger partial charge in [-0.15, -0.1) is 0 Å². The largest absolute Gasteiger partial charge is 0.467 e. The van der Waals surface area contributed by atoms with Gasteiger partial charge in [-0.1, -0.05) is 44.2 Å². The molecule has 3 atom stereocenters. The van der Waals surface area contributed by atoms with Gasteiger partial charge < -0.3 is 14.8 Å². The quantitative estimate of drug-likeness (QED) is 0.749. The van der Waals surface area contributed by atoms with Crippen molar-refractivity contribution in [1.29, 1.82) is 0 Å². The molecule has 1 aliphatic rings. The van der Waals surface area contributed by atoms with Crippen molar-refractivity contribution in [3.63, 3.8) is 0 Å². The number of hydrogen-bond acceptors (Lipinski definition) is 6. The smallest absolute Gasteiger partial charge is 0.407 e. The number of nitrogens with one attached hydrogen (secondary N) is 1. The van der Waals surface area contributed by atoms with E-state index in [9.17, 15) is 9.59 Å². The summed E-state index contributed by atoms with van der Waals surface area (Å²) in [6, 6.07) is 9.40. The summed E-state index contributed by atoms with van der Waals surface area (Å²) in [6.07, 6.45) is -0.745. The van der Waals surface area contributed by atoms with Gasteiger partial charge in [0, 0.05) is 13.0 Å². The molecule has 7 heteroatoms. The normalized spacial score (nSPS) is 21.4. The molecule has 0 unspecified atom stereocenters. The number of carbonyl (C=O) groups excluding carboxylic acids is 2. The lowest BCUT2D eigenvalue weighted by Crippen LogP contribution is -2.52. The summed E-state index contributed by atoms with van der Waals surface area (Å²) < 4.78 is 10.3. The number of nitrogens with zero attached hydrogens (tertiary/aromatic N) is 1. The third-order valence-electron chi connectivity index (χ3n) is 4.55. The van der Waals surface area contributed by atoms with Crippen LogP contribution in [0.4, 0.5) is 4.79 Å². The summed E-state index contributed by atoms with van der Waals surface area (Å²) in [7, 11) is 1.35. The number of alkyl carbamates (subject to hydrolysis) is 1. The zero-order chi connectivity index (χ0) is 20.9. The highest BCUT2D eigenvalue weighted by atomic mass is 16.7. The van der Waals surface area contributed by atoms with E-state index in [1.165, 1.54) is 7.11 Å². The Labute approximate surface area is 167 Å². The minimum absolute atomic E-state index is 0.107. The molecule has 1 aromatic carbocycles. The van der Waals surface area contributed by atoms with Crippen LogP contribution in [0.5, 0.6) is 0 Å². The van der Waals surface area contributed by atoms with Gasteiger partial charge >= 0.3 is 12.1 Å². The van der Waals surface area contributed by atoms with Crippen molar-refractivity contribution >= 4 is 12.1 Å². The summed E-state index contributed by atoms with van der Waals surface area (Å²) in [4.78, 5) is 30.4. The van der Waals surface area contributed by atoms with E-state index in [0.29, 0.717) is 13.0 Å². The van der Waals surface area contributed by atoms with E-state index >= 15 is 0 Å². The Kier molecular flexibility index (Phi) is 7.43. The highest BCUT2D eigenvalue weighted by Gasteiger charge is 2.44. The van der Waals surface area contributed by atoms with Gasteiger partial charge in [0.05, 0.1) is 19.2 Å². The highest BCUT2D eigenvalue weighted by Crippen LogP contribution is 2.29. The molecule has 0 bridgehead atoms. The molecule has 156 valence electrons. The number of hydrogen-bond donors (Lipinski definition) is 1. The number of rotatable bonds is 6. The van der Waals surface area contributed by atoms with Crippen molar-refractivity contribution in [2.24, 2.45) is 5.92 Å². The van der Waals surface area contributed by atoms with E-state index < -0.39 is 23.8 Å². The topological polar surface area (TPSA) is 77.1 Å².